The van der Waals surface area contributed by atoms with Crippen LogP contribution in [0, 0.1) is 5.92 Å². The number of ketones is 1. The molecule has 8 heteroatoms. The highest BCUT2D eigenvalue weighted by molar-refractivity contribution is 5.87. The van der Waals surface area contributed by atoms with Gasteiger partial charge in [0.05, 0.1) is 12.6 Å². The fourth-order valence-electron chi connectivity index (χ4n) is 2.66. The molecule has 0 aliphatic heterocycles. The maximum atomic E-state index is 12.9. The number of aromatic nitrogens is 2. The fraction of sp³-hybridized carbons (Fsp3) is 0.500. The summed E-state index contributed by atoms with van der Waals surface area (Å²) in [6.45, 7) is 8.86. The summed E-state index contributed by atoms with van der Waals surface area (Å²) in [7, 11) is 0. The van der Waals surface area contributed by atoms with Crippen molar-refractivity contribution in [2.24, 2.45) is 5.92 Å². The van der Waals surface area contributed by atoms with Crippen molar-refractivity contribution in [1.29, 1.82) is 0 Å². The van der Waals surface area contributed by atoms with Gasteiger partial charge in [-0.2, -0.15) is 0 Å². The third-order valence-corrected chi connectivity index (χ3v) is 3.82. The molecule has 0 aliphatic rings. The Labute approximate surface area is 163 Å². The minimum Gasteiger partial charge on any atom is -0.444 e. The molecule has 1 amide bonds. The van der Waals surface area contributed by atoms with Crippen LogP contribution in [0.25, 0.3) is 11.4 Å². The quantitative estimate of drug-likeness (QED) is 0.781. The predicted octanol–water partition coefficient (Wildman–Crippen LogP) is 3.01. The second-order valence-electron chi connectivity index (χ2n) is 8.02. The van der Waals surface area contributed by atoms with Crippen LogP contribution in [0.3, 0.4) is 0 Å². The third-order valence-electron chi connectivity index (χ3n) is 3.82. The molecule has 0 fully saturated rings. The average Bonchev–Trinajstić information content (AvgIpc) is 2.93. The van der Waals surface area contributed by atoms with Crippen LogP contribution in [-0.4, -0.2) is 33.2 Å². The number of hydrogen-bond donors (Lipinski definition) is 1. The Morgan fingerprint density at radius 1 is 1.21 bits per heavy atom. The van der Waals surface area contributed by atoms with Crippen molar-refractivity contribution in [1.82, 2.24) is 15.0 Å². The van der Waals surface area contributed by atoms with Crippen LogP contribution in [0.15, 0.2) is 39.6 Å². The van der Waals surface area contributed by atoms with E-state index < -0.39 is 23.5 Å². The SMILES string of the molecule is CC(C)C[C@H](NC(=O)OC(C)(C)C)C(=O)Cn1c(-c2ccccc2)noc1=O. The number of Topliss-reactive ketones (excluding diaryl/α,β-unsaturated/α-hetero) is 1. The summed E-state index contributed by atoms with van der Waals surface area (Å²) in [5, 5.41) is 6.40. The van der Waals surface area contributed by atoms with Crippen molar-refractivity contribution < 1.29 is 18.8 Å². The van der Waals surface area contributed by atoms with Crippen molar-refractivity contribution in [2.75, 3.05) is 0 Å². The summed E-state index contributed by atoms with van der Waals surface area (Å²) in [5.74, 6) is -0.647. The first-order chi connectivity index (χ1) is 13.1. The van der Waals surface area contributed by atoms with Crippen LogP contribution in [0.5, 0.6) is 0 Å². The van der Waals surface area contributed by atoms with Crippen molar-refractivity contribution in [3.63, 3.8) is 0 Å². The van der Waals surface area contributed by atoms with E-state index >= 15 is 0 Å². The van der Waals surface area contributed by atoms with E-state index in [4.69, 9.17) is 9.26 Å². The van der Waals surface area contributed by atoms with E-state index in [-0.39, 0.29) is 24.1 Å². The Hall–Kier alpha value is -2.90. The highest BCUT2D eigenvalue weighted by Gasteiger charge is 2.27. The first kappa shape index (κ1) is 21.4. The highest BCUT2D eigenvalue weighted by atomic mass is 16.6. The molecule has 2 aromatic rings. The zero-order valence-electron chi connectivity index (χ0n) is 16.9. The summed E-state index contributed by atoms with van der Waals surface area (Å²) in [6, 6.07) is 8.17. The molecule has 0 aliphatic carbocycles. The summed E-state index contributed by atoms with van der Waals surface area (Å²) in [5.41, 5.74) is -0.0248. The second-order valence-corrected chi connectivity index (χ2v) is 8.02. The van der Waals surface area contributed by atoms with Gasteiger partial charge in [-0.15, -0.1) is 0 Å². The van der Waals surface area contributed by atoms with Crippen molar-refractivity contribution in [3.8, 4) is 11.4 Å². The van der Waals surface area contributed by atoms with Crippen molar-refractivity contribution >= 4 is 11.9 Å². The molecule has 28 heavy (non-hydrogen) atoms. The van der Waals surface area contributed by atoms with Gasteiger partial charge < -0.3 is 10.1 Å². The number of nitrogens with one attached hydrogen (secondary N) is 1. The Kier molecular flexibility index (Phi) is 6.77. The van der Waals surface area contributed by atoms with E-state index in [0.717, 1.165) is 0 Å². The maximum Gasteiger partial charge on any atom is 0.442 e. The molecule has 1 aromatic carbocycles. The molecule has 8 nitrogen and oxygen atoms in total. The standard InChI is InChI=1S/C20H27N3O5/c1-13(2)11-15(21-18(25)27-20(3,4)5)16(24)12-23-17(22-28-19(23)26)14-9-7-6-8-10-14/h6-10,13,15H,11-12H2,1-5H3,(H,21,25)/t15-/m0/s1. The van der Waals surface area contributed by atoms with E-state index in [1.165, 1.54) is 4.57 Å². The van der Waals surface area contributed by atoms with Crippen molar-refractivity contribution in [2.45, 2.75) is 59.2 Å². The number of benzene rings is 1. The van der Waals surface area contributed by atoms with Crippen LogP contribution in [0.4, 0.5) is 4.79 Å². The normalized spacial score (nSPS) is 12.6. The summed E-state index contributed by atoms with van der Waals surface area (Å²) >= 11 is 0. The Balaban J connectivity index is 2.21. The molecule has 152 valence electrons. The van der Waals surface area contributed by atoms with Crippen LogP contribution in [0.2, 0.25) is 0 Å². The molecular weight excluding hydrogens is 362 g/mol. The monoisotopic (exact) mass is 389 g/mol. The maximum absolute atomic E-state index is 12.9. The Morgan fingerprint density at radius 3 is 2.43 bits per heavy atom. The lowest BCUT2D eigenvalue weighted by molar-refractivity contribution is -0.122. The lowest BCUT2D eigenvalue weighted by Crippen LogP contribution is -2.45. The zero-order valence-corrected chi connectivity index (χ0v) is 16.9. The third kappa shape index (κ3) is 6.07. The number of rotatable bonds is 7. The second kappa shape index (κ2) is 8.86. The van der Waals surface area contributed by atoms with E-state index in [1.807, 2.05) is 19.9 Å². The van der Waals surface area contributed by atoms with Gasteiger partial charge in [-0.1, -0.05) is 49.3 Å². The first-order valence-corrected chi connectivity index (χ1v) is 9.21. The lowest BCUT2D eigenvalue weighted by atomic mass is 10.00. The number of nitrogens with zero attached hydrogens (tertiary/aromatic N) is 2. The average molecular weight is 389 g/mol. The highest BCUT2D eigenvalue weighted by Crippen LogP contribution is 2.16. The fourth-order valence-corrected chi connectivity index (χ4v) is 2.66. The van der Waals surface area contributed by atoms with Gasteiger partial charge in [0.1, 0.15) is 5.60 Å². The molecule has 0 radical (unpaired) electrons. The molecule has 0 saturated carbocycles. The van der Waals surface area contributed by atoms with E-state index in [1.54, 1.807) is 45.0 Å². The van der Waals surface area contributed by atoms with Crippen LogP contribution < -0.4 is 11.1 Å². The summed E-state index contributed by atoms with van der Waals surface area (Å²) in [6.07, 6.45) is -0.258. The molecular formula is C20H27N3O5. The van der Waals surface area contributed by atoms with Gasteiger partial charge >= 0.3 is 11.8 Å². The van der Waals surface area contributed by atoms with Crippen LogP contribution >= 0.6 is 0 Å². The van der Waals surface area contributed by atoms with Crippen LogP contribution in [0.1, 0.15) is 41.0 Å². The Morgan fingerprint density at radius 2 is 1.86 bits per heavy atom. The molecule has 1 heterocycles. The largest absolute Gasteiger partial charge is 0.444 e. The number of amides is 1. The minimum atomic E-state index is -0.791. The van der Waals surface area contributed by atoms with Gasteiger partial charge in [-0.25, -0.2) is 14.2 Å². The van der Waals surface area contributed by atoms with Gasteiger partial charge in [0, 0.05) is 5.56 Å². The molecule has 1 N–H and O–H groups in total. The molecule has 1 aromatic heterocycles. The smallest absolute Gasteiger partial charge is 0.442 e. The Bertz CT molecular complexity index is 862. The molecule has 1 atom stereocenters. The van der Waals surface area contributed by atoms with E-state index in [0.29, 0.717) is 12.0 Å². The minimum absolute atomic E-state index is 0.150. The molecule has 2 rings (SSSR count). The molecule has 0 saturated heterocycles. The number of hydrogen-bond acceptors (Lipinski definition) is 6. The number of ether oxygens (including phenoxy) is 1. The zero-order chi connectivity index (χ0) is 20.9. The molecule has 0 bridgehead atoms. The van der Waals surface area contributed by atoms with E-state index in [9.17, 15) is 14.4 Å². The predicted molar refractivity (Wildman–Crippen MR) is 104 cm³/mol. The topological polar surface area (TPSA) is 103 Å². The summed E-state index contributed by atoms with van der Waals surface area (Å²) < 4.78 is 11.2. The van der Waals surface area contributed by atoms with Gasteiger partial charge in [-0.05, 0) is 33.1 Å². The van der Waals surface area contributed by atoms with Crippen LogP contribution in [-0.2, 0) is 16.1 Å². The van der Waals surface area contributed by atoms with Crippen molar-refractivity contribution in [3.05, 3.63) is 40.9 Å². The van der Waals surface area contributed by atoms with Gasteiger partial charge in [-0.3, -0.25) is 9.32 Å². The lowest BCUT2D eigenvalue weighted by Gasteiger charge is -2.24. The van der Waals surface area contributed by atoms with Gasteiger partial charge in [0.15, 0.2) is 11.6 Å². The molecule has 0 spiro atoms. The number of carbonyl (C=O) groups excluding carboxylic acids is 2. The van der Waals surface area contributed by atoms with E-state index in [2.05, 4.69) is 10.5 Å². The first-order valence-electron chi connectivity index (χ1n) is 9.21. The van der Waals surface area contributed by atoms with Gasteiger partial charge in [0.2, 0.25) is 0 Å². The number of alkyl carbamates (subject to hydrolysis) is 1. The molecule has 0 unspecified atom stereocenters. The van der Waals surface area contributed by atoms with Gasteiger partial charge in [0.25, 0.3) is 0 Å². The number of carbonyl (C=O) groups is 2. The summed E-state index contributed by atoms with van der Waals surface area (Å²) in [4.78, 5) is 37.1.